The highest BCUT2D eigenvalue weighted by Gasteiger charge is 2.34. The zero-order valence-electron chi connectivity index (χ0n) is 13.8. The molecule has 0 atom stereocenters. The van der Waals surface area contributed by atoms with Crippen LogP contribution in [0.3, 0.4) is 0 Å². The van der Waals surface area contributed by atoms with Crippen molar-refractivity contribution in [3.8, 4) is 0 Å². The van der Waals surface area contributed by atoms with Crippen LogP contribution in [0.15, 0.2) is 29.2 Å². The molecule has 0 aromatic carbocycles. The Morgan fingerprint density at radius 3 is 2.65 bits per heavy atom. The lowest BCUT2D eigenvalue weighted by Gasteiger charge is -2.10. The minimum absolute atomic E-state index is 0.205. The average molecular weight is 388 g/mol. The van der Waals surface area contributed by atoms with Crippen LogP contribution in [0.5, 0.6) is 0 Å². The Morgan fingerprint density at radius 1 is 1.35 bits per heavy atom. The first kappa shape index (κ1) is 19.7. The SMILES string of the molecule is CCOC(=O)c1sc(NC(=O)Cn2cccc(C(F)(F)F)c2=O)cc1C. The average Bonchev–Trinajstić information content (AvgIpc) is 2.89. The number of pyridine rings is 1. The van der Waals surface area contributed by atoms with E-state index in [4.69, 9.17) is 4.74 Å². The molecule has 0 aliphatic rings. The predicted octanol–water partition coefficient (Wildman–Crippen LogP) is 3.05. The summed E-state index contributed by atoms with van der Waals surface area (Å²) in [4.78, 5) is 36.0. The lowest BCUT2D eigenvalue weighted by Crippen LogP contribution is -2.31. The highest BCUT2D eigenvalue weighted by atomic mass is 32.1. The first-order chi connectivity index (χ1) is 12.1. The zero-order valence-corrected chi connectivity index (χ0v) is 14.7. The summed E-state index contributed by atoms with van der Waals surface area (Å²) in [5.74, 6) is -1.22. The number of nitrogens with one attached hydrogen (secondary N) is 1. The monoisotopic (exact) mass is 388 g/mol. The fraction of sp³-hybridized carbons (Fsp3) is 0.312. The maximum Gasteiger partial charge on any atom is 0.421 e. The smallest absolute Gasteiger partial charge is 0.421 e. The van der Waals surface area contributed by atoms with Gasteiger partial charge in [-0.15, -0.1) is 11.3 Å². The van der Waals surface area contributed by atoms with E-state index in [1.807, 2.05) is 0 Å². The molecule has 0 aliphatic carbocycles. The number of aromatic nitrogens is 1. The molecule has 2 aromatic heterocycles. The van der Waals surface area contributed by atoms with Gasteiger partial charge in [-0.3, -0.25) is 9.59 Å². The molecule has 1 amide bonds. The number of aryl methyl sites for hydroxylation is 1. The molecule has 0 saturated carbocycles. The number of amides is 1. The minimum atomic E-state index is -4.80. The number of hydrogen-bond donors (Lipinski definition) is 1. The van der Waals surface area contributed by atoms with Crippen LogP contribution in [0.4, 0.5) is 18.2 Å². The van der Waals surface area contributed by atoms with Crippen molar-refractivity contribution in [1.82, 2.24) is 4.57 Å². The van der Waals surface area contributed by atoms with Gasteiger partial charge in [-0.1, -0.05) is 0 Å². The third kappa shape index (κ3) is 4.51. The van der Waals surface area contributed by atoms with Gasteiger partial charge < -0.3 is 14.6 Å². The summed E-state index contributed by atoms with van der Waals surface area (Å²) in [6.45, 7) is 2.94. The van der Waals surface area contributed by atoms with Crippen molar-refractivity contribution >= 4 is 28.2 Å². The fourth-order valence-electron chi connectivity index (χ4n) is 2.15. The van der Waals surface area contributed by atoms with E-state index in [-0.39, 0.29) is 6.61 Å². The largest absolute Gasteiger partial charge is 0.462 e. The van der Waals surface area contributed by atoms with Crippen molar-refractivity contribution in [2.75, 3.05) is 11.9 Å². The summed E-state index contributed by atoms with van der Waals surface area (Å²) in [5.41, 5.74) is -2.05. The molecule has 0 aliphatic heterocycles. The molecule has 0 spiro atoms. The van der Waals surface area contributed by atoms with Gasteiger partial charge in [-0.05, 0) is 37.6 Å². The van der Waals surface area contributed by atoms with E-state index >= 15 is 0 Å². The third-order valence-electron chi connectivity index (χ3n) is 3.28. The van der Waals surface area contributed by atoms with Crippen molar-refractivity contribution in [3.63, 3.8) is 0 Å². The Labute approximate surface area is 150 Å². The summed E-state index contributed by atoms with van der Waals surface area (Å²) in [5, 5.41) is 2.79. The van der Waals surface area contributed by atoms with E-state index < -0.39 is 35.7 Å². The van der Waals surface area contributed by atoms with Gasteiger partial charge in [-0.25, -0.2) is 4.79 Å². The van der Waals surface area contributed by atoms with Gasteiger partial charge in [0, 0.05) is 6.20 Å². The molecule has 26 heavy (non-hydrogen) atoms. The second kappa shape index (κ2) is 7.73. The van der Waals surface area contributed by atoms with E-state index in [0.717, 1.165) is 23.6 Å². The molecule has 0 unspecified atom stereocenters. The molecule has 0 bridgehead atoms. The van der Waals surface area contributed by atoms with E-state index in [1.165, 1.54) is 0 Å². The van der Waals surface area contributed by atoms with Crippen LogP contribution in [-0.4, -0.2) is 23.1 Å². The molecular formula is C16H15F3N2O4S. The number of ether oxygens (including phenoxy) is 1. The van der Waals surface area contributed by atoms with Crippen molar-refractivity contribution in [2.24, 2.45) is 0 Å². The van der Waals surface area contributed by atoms with Gasteiger partial charge in [-0.2, -0.15) is 13.2 Å². The van der Waals surface area contributed by atoms with Crippen LogP contribution in [-0.2, 0) is 22.3 Å². The van der Waals surface area contributed by atoms with Gasteiger partial charge >= 0.3 is 12.1 Å². The third-order valence-corrected chi connectivity index (χ3v) is 4.41. The number of hydrogen-bond acceptors (Lipinski definition) is 5. The highest BCUT2D eigenvalue weighted by molar-refractivity contribution is 7.18. The number of halogens is 3. The van der Waals surface area contributed by atoms with Crippen molar-refractivity contribution in [1.29, 1.82) is 0 Å². The molecule has 6 nitrogen and oxygen atoms in total. The van der Waals surface area contributed by atoms with Crippen LogP contribution in [0, 0.1) is 6.92 Å². The standard InChI is InChI=1S/C16H15F3N2O4S/c1-3-25-15(24)13-9(2)7-12(26-13)20-11(22)8-21-6-4-5-10(14(21)23)16(17,18)19/h4-7H,3,8H2,1-2H3,(H,20,22). The number of rotatable bonds is 5. The lowest BCUT2D eigenvalue weighted by molar-refractivity contribution is -0.139. The van der Waals surface area contributed by atoms with Crippen LogP contribution >= 0.6 is 11.3 Å². The van der Waals surface area contributed by atoms with Crippen LogP contribution < -0.4 is 10.9 Å². The number of carbonyl (C=O) groups excluding carboxylic acids is 2. The predicted molar refractivity (Wildman–Crippen MR) is 89.3 cm³/mol. The topological polar surface area (TPSA) is 77.4 Å². The maximum absolute atomic E-state index is 12.7. The maximum atomic E-state index is 12.7. The molecule has 0 radical (unpaired) electrons. The van der Waals surface area contributed by atoms with Gasteiger partial charge in [0.1, 0.15) is 17.0 Å². The van der Waals surface area contributed by atoms with Crippen LogP contribution in [0.25, 0.3) is 0 Å². The number of alkyl halides is 3. The second-order valence-electron chi connectivity index (χ2n) is 5.24. The molecule has 140 valence electrons. The molecule has 2 aromatic rings. The number of esters is 1. The van der Waals surface area contributed by atoms with Gasteiger partial charge in [0.2, 0.25) is 5.91 Å². The lowest BCUT2D eigenvalue weighted by atomic mass is 10.2. The molecule has 1 N–H and O–H groups in total. The van der Waals surface area contributed by atoms with Crippen molar-refractivity contribution < 1.29 is 27.5 Å². The molecule has 10 heteroatoms. The Hall–Kier alpha value is -2.62. The fourth-order valence-corrected chi connectivity index (χ4v) is 3.13. The minimum Gasteiger partial charge on any atom is -0.462 e. The van der Waals surface area contributed by atoms with E-state index in [9.17, 15) is 27.6 Å². The second-order valence-corrected chi connectivity index (χ2v) is 6.30. The summed E-state index contributed by atoms with van der Waals surface area (Å²) in [6, 6.07) is 3.25. The first-order valence-corrected chi connectivity index (χ1v) is 8.29. The summed E-state index contributed by atoms with van der Waals surface area (Å²) < 4.78 is 43.8. The number of thiophene rings is 1. The molecule has 0 fully saturated rings. The van der Waals surface area contributed by atoms with Gasteiger partial charge in [0.25, 0.3) is 5.56 Å². The quantitative estimate of drug-likeness (QED) is 0.799. The van der Waals surface area contributed by atoms with Gasteiger partial charge in [0.15, 0.2) is 0 Å². The number of nitrogens with zero attached hydrogens (tertiary/aromatic N) is 1. The summed E-state index contributed by atoms with van der Waals surface area (Å²) >= 11 is 0.984. The Balaban J connectivity index is 2.14. The zero-order chi connectivity index (χ0) is 19.5. The first-order valence-electron chi connectivity index (χ1n) is 7.47. The summed E-state index contributed by atoms with van der Waals surface area (Å²) in [7, 11) is 0. The highest BCUT2D eigenvalue weighted by Crippen LogP contribution is 2.28. The normalized spacial score (nSPS) is 11.3. The van der Waals surface area contributed by atoms with Crippen LogP contribution in [0.2, 0.25) is 0 Å². The van der Waals surface area contributed by atoms with Crippen LogP contribution in [0.1, 0.15) is 27.7 Å². The molecular weight excluding hydrogens is 373 g/mol. The Kier molecular flexibility index (Phi) is 5.86. The van der Waals surface area contributed by atoms with E-state index in [0.29, 0.717) is 26.1 Å². The Bertz CT molecular complexity index is 886. The Morgan fingerprint density at radius 2 is 2.04 bits per heavy atom. The number of carbonyl (C=O) groups is 2. The van der Waals surface area contributed by atoms with Gasteiger partial charge in [0.05, 0.1) is 11.6 Å². The van der Waals surface area contributed by atoms with E-state index in [2.05, 4.69) is 5.32 Å². The van der Waals surface area contributed by atoms with E-state index in [1.54, 1.807) is 19.9 Å². The molecule has 2 rings (SSSR count). The van der Waals surface area contributed by atoms with Crippen molar-refractivity contribution in [3.05, 3.63) is 50.8 Å². The number of anilines is 1. The molecule has 0 saturated heterocycles. The van der Waals surface area contributed by atoms with Crippen molar-refractivity contribution in [2.45, 2.75) is 26.6 Å². The molecule has 2 heterocycles. The summed E-state index contributed by atoms with van der Waals surface area (Å²) in [6.07, 6.45) is -3.70.